The maximum absolute atomic E-state index is 12.7. The van der Waals surface area contributed by atoms with E-state index in [0.717, 1.165) is 11.0 Å². The van der Waals surface area contributed by atoms with Crippen LogP contribution in [0.4, 0.5) is 0 Å². The second-order valence-corrected chi connectivity index (χ2v) is 9.40. The summed E-state index contributed by atoms with van der Waals surface area (Å²) < 4.78 is 23.4. The number of nitrogens with zero attached hydrogens (tertiary/aromatic N) is 3. The number of nitrogens with one attached hydrogen (secondary N) is 2. The van der Waals surface area contributed by atoms with Gasteiger partial charge in [-0.1, -0.05) is 12.1 Å². The number of para-hydroxylation sites is 2. The molecule has 0 aliphatic carbocycles. The van der Waals surface area contributed by atoms with Crippen molar-refractivity contribution >= 4 is 38.4 Å². The lowest BCUT2D eigenvalue weighted by Crippen LogP contribution is -2.44. The van der Waals surface area contributed by atoms with Gasteiger partial charge in [-0.15, -0.1) is 0 Å². The van der Waals surface area contributed by atoms with E-state index < -0.39 is 15.9 Å². The minimum absolute atomic E-state index is 0.0432. The number of benzene rings is 1. The Morgan fingerprint density at radius 1 is 1.32 bits per heavy atom. The zero-order valence-corrected chi connectivity index (χ0v) is 16.2. The Labute approximate surface area is 162 Å². The molecule has 4 rings (SSSR count). The molecular formula is C18H21N5O4S. The third-order valence-corrected chi connectivity index (χ3v) is 6.79. The molecule has 2 aromatic rings. The number of amides is 2. The Hall–Kier alpha value is -2.75. The maximum Gasteiger partial charge on any atom is 0.268 e. The quantitative estimate of drug-likeness (QED) is 0.785. The standard InChI is InChI=1S/C18H21N5O4S/c1-11(17-20-13-4-2-3-5-14(13)21-17)19-18(25)15-6-7-16(24)23(22-15)12-8-9-28(26,27)10-12/h2-5,11-12H,6-10H2,1H3,(H,19,25)(H,20,21)/t11-,12+/m0/s1. The fraction of sp³-hybridized carbons (Fsp3) is 0.444. The highest BCUT2D eigenvalue weighted by atomic mass is 32.2. The molecule has 148 valence electrons. The Balaban J connectivity index is 1.48. The molecule has 2 atom stereocenters. The number of aromatic amines is 1. The van der Waals surface area contributed by atoms with E-state index in [-0.39, 0.29) is 47.9 Å². The number of sulfone groups is 1. The summed E-state index contributed by atoms with van der Waals surface area (Å²) in [6.07, 6.45) is 0.719. The van der Waals surface area contributed by atoms with Crippen LogP contribution in [0.1, 0.15) is 38.1 Å². The predicted molar refractivity (Wildman–Crippen MR) is 103 cm³/mol. The van der Waals surface area contributed by atoms with Crippen molar-refractivity contribution in [1.82, 2.24) is 20.3 Å². The van der Waals surface area contributed by atoms with E-state index in [4.69, 9.17) is 0 Å². The van der Waals surface area contributed by atoms with Gasteiger partial charge >= 0.3 is 0 Å². The first-order valence-electron chi connectivity index (χ1n) is 9.18. The summed E-state index contributed by atoms with van der Waals surface area (Å²) in [7, 11) is -3.15. The lowest BCUT2D eigenvalue weighted by atomic mass is 10.1. The lowest BCUT2D eigenvalue weighted by Gasteiger charge is -2.27. The van der Waals surface area contributed by atoms with Crippen LogP contribution < -0.4 is 5.32 Å². The Kier molecular flexibility index (Phi) is 4.66. The van der Waals surface area contributed by atoms with Crippen LogP contribution in [0.25, 0.3) is 11.0 Å². The van der Waals surface area contributed by atoms with Crippen molar-refractivity contribution in [2.24, 2.45) is 5.10 Å². The average molecular weight is 403 g/mol. The molecule has 2 aliphatic heterocycles. The van der Waals surface area contributed by atoms with Gasteiger partial charge in [0.25, 0.3) is 5.91 Å². The SMILES string of the molecule is C[C@H](NC(=O)C1=NN([C@@H]2CCS(=O)(=O)C2)C(=O)CC1)c1nc2ccccc2[nH]1. The summed E-state index contributed by atoms with van der Waals surface area (Å²) in [5.74, 6) is -0.0650. The van der Waals surface area contributed by atoms with Gasteiger partial charge in [-0.3, -0.25) is 9.59 Å². The number of carbonyl (C=O) groups is 2. The number of aromatic nitrogens is 2. The van der Waals surface area contributed by atoms with Crippen LogP contribution in [0.3, 0.4) is 0 Å². The van der Waals surface area contributed by atoms with Crippen molar-refractivity contribution in [3.8, 4) is 0 Å². The smallest absolute Gasteiger partial charge is 0.268 e. The van der Waals surface area contributed by atoms with Gasteiger partial charge in [0.1, 0.15) is 11.5 Å². The van der Waals surface area contributed by atoms with Crippen LogP contribution >= 0.6 is 0 Å². The highest BCUT2D eigenvalue weighted by molar-refractivity contribution is 7.91. The Morgan fingerprint density at radius 2 is 2.11 bits per heavy atom. The lowest BCUT2D eigenvalue weighted by molar-refractivity contribution is -0.133. The van der Waals surface area contributed by atoms with Crippen LogP contribution in [0.5, 0.6) is 0 Å². The largest absolute Gasteiger partial charge is 0.341 e. The molecule has 28 heavy (non-hydrogen) atoms. The van der Waals surface area contributed by atoms with Crippen molar-refractivity contribution < 1.29 is 18.0 Å². The third kappa shape index (κ3) is 3.64. The van der Waals surface area contributed by atoms with E-state index in [0.29, 0.717) is 12.2 Å². The minimum atomic E-state index is -3.15. The van der Waals surface area contributed by atoms with Crippen molar-refractivity contribution in [3.63, 3.8) is 0 Å². The molecule has 1 aromatic carbocycles. The normalized spacial score (nSPS) is 22.9. The third-order valence-electron chi connectivity index (χ3n) is 5.04. The second kappa shape index (κ2) is 7.01. The van der Waals surface area contributed by atoms with Crippen LogP contribution in [0, 0.1) is 0 Å². The monoisotopic (exact) mass is 403 g/mol. The fourth-order valence-corrected chi connectivity index (χ4v) is 5.21. The fourth-order valence-electron chi connectivity index (χ4n) is 3.51. The van der Waals surface area contributed by atoms with E-state index >= 15 is 0 Å². The summed E-state index contributed by atoms with van der Waals surface area (Å²) in [5.41, 5.74) is 1.92. The van der Waals surface area contributed by atoms with E-state index in [1.54, 1.807) is 0 Å². The Bertz CT molecular complexity index is 1040. The summed E-state index contributed by atoms with van der Waals surface area (Å²) in [6.45, 7) is 1.81. The molecule has 9 nitrogen and oxygen atoms in total. The molecule has 0 unspecified atom stereocenters. The summed E-state index contributed by atoms with van der Waals surface area (Å²) in [6, 6.07) is 6.72. The number of hydrazone groups is 1. The molecule has 3 heterocycles. The van der Waals surface area contributed by atoms with Gasteiger partial charge in [0.05, 0.1) is 34.6 Å². The highest BCUT2D eigenvalue weighted by Gasteiger charge is 2.37. The number of fused-ring (bicyclic) bond motifs is 1. The number of hydrogen-bond acceptors (Lipinski definition) is 6. The van der Waals surface area contributed by atoms with Crippen molar-refractivity contribution in [2.45, 2.75) is 38.3 Å². The molecular weight excluding hydrogens is 382 g/mol. The van der Waals surface area contributed by atoms with Gasteiger partial charge in [0.15, 0.2) is 9.84 Å². The number of rotatable bonds is 4. The number of carbonyl (C=O) groups excluding carboxylic acids is 2. The summed E-state index contributed by atoms with van der Waals surface area (Å²) >= 11 is 0. The molecule has 0 spiro atoms. The number of hydrogen-bond donors (Lipinski definition) is 2. The predicted octanol–water partition coefficient (Wildman–Crippen LogP) is 0.906. The first-order valence-corrected chi connectivity index (χ1v) is 11.0. The van der Waals surface area contributed by atoms with Gasteiger partial charge in [-0.2, -0.15) is 5.10 Å². The average Bonchev–Trinajstić information content (AvgIpc) is 3.25. The van der Waals surface area contributed by atoms with Gasteiger partial charge < -0.3 is 10.3 Å². The highest BCUT2D eigenvalue weighted by Crippen LogP contribution is 2.22. The molecule has 2 amide bonds. The zero-order chi connectivity index (χ0) is 19.9. The van der Waals surface area contributed by atoms with Gasteiger partial charge in [-0.05, 0) is 25.5 Å². The maximum atomic E-state index is 12.7. The molecule has 0 bridgehead atoms. The van der Waals surface area contributed by atoms with Crippen LogP contribution in [-0.2, 0) is 19.4 Å². The van der Waals surface area contributed by atoms with E-state index in [1.807, 2.05) is 31.2 Å². The van der Waals surface area contributed by atoms with Crippen molar-refractivity contribution in [3.05, 3.63) is 30.1 Å². The number of imidazole rings is 1. The van der Waals surface area contributed by atoms with Crippen molar-refractivity contribution in [1.29, 1.82) is 0 Å². The zero-order valence-electron chi connectivity index (χ0n) is 15.4. The van der Waals surface area contributed by atoms with E-state index in [1.165, 1.54) is 5.01 Å². The van der Waals surface area contributed by atoms with Crippen LogP contribution in [0.15, 0.2) is 29.4 Å². The molecule has 0 radical (unpaired) electrons. The van der Waals surface area contributed by atoms with Crippen molar-refractivity contribution in [2.75, 3.05) is 11.5 Å². The molecule has 0 saturated carbocycles. The molecule has 1 fully saturated rings. The number of H-pyrrole nitrogens is 1. The van der Waals surface area contributed by atoms with Crippen LogP contribution in [0.2, 0.25) is 0 Å². The molecule has 1 saturated heterocycles. The van der Waals surface area contributed by atoms with Gasteiger partial charge in [0.2, 0.25) is 5.91 Å². The van der Waals surface area contributed by atoms with E-state index in [9.17, 15) is 18.0 Å². The topological polar surface area (TPSA) is 125 Å². The molecule has 2 N–H and O–H groups in total. The van der Waals surface area contributed by atoms with Crippen LogP contribution in [-0.4, -0.2) is 58.5 Å². The minimum Gasteiger partial charge on any atom is -0.341 e. The summed E-state index contributed by atoms with van der Waals surface area (Å²) in [4.78, 5) is 32.5. The molecule has 2 aliphatic rings. The molecule has 10 heteroatoms. The van der Waals surface area contributed by atoms with Gasteiger partial charge in [0, 0.05) is 12.8 Å². The first-order chi connectivity index (χ1) is 13.3. The first kappa shape index (κ1) is 18.6. The summed E-state index contributed by atoms with van der Waals surface area (Å²) in [5, 5.41) is 8.23. The second-order valence-electron chi connectivity index (χ2n) is 7.18. The van der Waals surface area contributed by atoms with E-state index in [2.05, 4.69) is 20.4 Å². The molecule has 1 aromatic heterocycles. The van der Waals surface area contributed by atoms with Gasteiger partial charge in [-0.25, -0.2) is 18.4 Å². The Morgan fingerprint density at radius 3 is 2.82 bits per heavy atom.